The summed E-state index contributed by atoms with van der Waals surface area (Å²) >= 11 is 0. The lowest BCUT2D eigenvalue weighted by Crippen LogP contribution is -2.33. The molecule has 0 N–H and O–H groups in total. The Labute approximate surface area is 85.5 Å². The van der Waals surface area contributed by atoms with Crippen LogP contribution in [0.2, 0.25) is 0 Å². The molecule has 2 atom stereocenters. The highest BCUT2D eigenvalue weighted by atomic mass is 16.8. The van der Waals surface area contributed by atoms with E-state index in [9.17, 15) is 0 Å². The summed E-state index contributed by atoms with van der Waals surface area (Å²) < 4.78 is 21.8. The van der Waals surface area contributed by atoms with Crippen molar-refractivity contribution in [1.82, 2.24) is 0 Å². The van der Waals surface area contributed by atoms with Gasteiger partial charge in [0.25, 0.3) is 0 Å². The van der Waals surface area contributed by atoms with E-state index in [0.717, 1.165) is 0 Å². The van der Waals surface area contributed by atoms with Gasteiger partial charge in [0.05, 0.1) is 13.2 Å². The van der Waals surface area contributed by atoms with Crippen LogP contribution in [0.5, 0.6) is 0 Å². The summed E-state index contributed by atoms with van der Waals surface area (Å²) in [5, 5.41) is 0. The molecule has 1 saturated heterocycles. The maximum absolute atomic E-state index is 5.68. The minimum Gasteiger partial charge on any atom is -0.379 e. The van der Waals surface area contributed by atoms with Crippen molar-refractivity contribution in [1.29, 1.82) is 0 Å². The topological polar surface area (TPSA) is 36.9 Å². The Kier molecular flexibility index (Phi) is 4.81. The molecule has 2 unspecified atom stereocenters. The van der Waals surface area contributed by atoms with Gasteiger partial charge in [0.15, 0.2) is 5.79 Å². The van der Waals surface area contributed by atoms with Crippen LogP contribution in [0.15, 0.2) is 0 Å². The normalized spacial score (nSPS) is 32.4. The van der Waals surface area contributed by atoms with Crippen LogP contribution >= 0.6 is 0 Å². The second-order valence-electron chi connectivity index (χ2n) is 3.48. The summed E-state index contributed by atoms with van der Waals surface area (Å²) in [6, 6.07) is 0. The molecule has 1 heterocycles. The Bertz CT molecular complexity index is 162. The lowest BCUT2D eigenvalue weighted by Gasteiger charge is -2.22. The average molecular weight is 204 g/mol. The highest BCUT2D eigenvalue weighted by Gasteiger charge is 2.37. The van der Waals surface area contributed by atoms with Crippen molar-refractivity contribution in [3.63, 3.8) is 0 Å². The van der Waals surface area contributed by atoms with Crippen LogP contribution in [-0.2, 0) is 18.9 Å². The van der Waals surface area contributed by atoms with Crippen LogP contribution in [0.1, 0.15) is 20.8 Å². The Morgan fingerprint density at radius 3 is 2.64 bits per heavy atom. The van der Waals surface area contributed by atoms with Gasteiger partial charge in [-0.15, -0.1) is 0 Å². The summed E-state index contributed by atoms with van der Waals surface area (Å²) in [5.74, 6) is -0.586. The molecule has 0 aromatic heterocycles. The second kappa shape index (κ2) is 5.66. The van der Waals surface area contributed by atoms with Crippen molar-refractivity contribution in [2.24, 2.45) is 0 Å². The van der Waals surface area contributed by atoms with Gasteiger partial charge >= 0.3 is 0 Å². The molecule has 1 aliphatic heterocycles. The molecule has 0 aromatic rings. The standard InChI is InChI=1S/C10H20O4/c1-4-11-6-9-7-13-10(3,14-9)8-12-5-2/h9H,4-8H2,1-3H3. The second-order valence-corrected chi connectivity index (χ2v) is 3.48. The van der Waals surface area contributed by atoms with Crippen molar-refractivity contribution in [2.45, 2.75) is 32.7 Å². The lowest BCUT2D eigenvalue weighted by molar-refractivity contribution is -0.192. The molecule has 84 valence electrons. The van der Waals surface area contributed by atoms with Crippen LogP contribution in [-0.4, -0.2) is 44.9 Å². The Morgan fingerprint density at radius 2 is 2.00 bits per heavy atom. The molecule has 0 aliphatic carbocycles. The van der Waals surface area contributed by atoms with Gasteiger partial charge in [0, 0.05) is 13.2 Å². The fraction of sp³-hybridized carbons (Fsp3) is 1.00. The van der Waals surface area contributed by atoms with Crippen LogP contribution in [0.25, 0.3) is 0 Å². The number of hydrogen-bond acceptors (Lipinski definition) is 4. The third kappa shape index (κ3) is 3.53. The molecule has 4 heteroatoms. The molecule has 0 amide bonds. The molecule has 14 heavy (non-hydrogen) atoms. The Balaban J connectivity index is 2.24. The van der Waals surface area contributed by atoms with E-state index in [4.69, 9.17) is 18.9 Å². The summed E-state index contributed by atoms with van der Waals surface area (Å²) in [6.07, 6.45) is 0.0420. The van der Waals surface area contributed by atoms with Gasteiger partial charge in [-0.05, 0) is 20.8 Å². The number of ether oxygens (including phenoxy) is 4. The molecular formula is C10H20O4. The molecule has 0 saturated carbocycles. The van der Waals surface area contributed by atoms with Crippen LogP contribution in [0, 0.1) is 0 Å². The first kappa shape index (κ1) is 11.9. The minimum absolute atomic E-state index is 0.0420. The molecule has 1 rings (SSSR count). The third-order valence-electron chi connectivity index (χ3n) is 2.07. The largest absolute Gasteiger partial charge is 0.379 e. The fourth-order valence-corrected chi connectivity index (χ4v) is 1.38. The summed E-state index contributed by atoms with van der Waals surface area (Å²) in [7, 11) is 0. The van der Waals surface area contributed by atoms with Crippen LogP contribution in [0.3, 0.4) is 0 Å². The molecule has 0 spiro atoms. The van der Waals surface area contributed by atoms with E-state index in [1.807, 2.05) is 20.8 Å². The number of rotatable bonds is 6. The van der Waals surface area contributed by atoms with Crippen molar-refractivity contribution >= 4 is 0 Å². The van der Waals surface area contributed by atoms with Crippen LogP contribution < -0.4 is 0 Å². The van der Waals surface area contributed by atoms with Gasteiger partial charge in [0.1, 0.15) is 12.7 Å². The van der Waals surface area contributed by atoms with E-state index < -0.39 is 5.79 Å². The maximum Gasteiger partial charge on any atom is 0.189 e. The van der Waals surface area contributed by atoms with Gasteiger partial charge in [-0.2, -0.15) is 0 Å². The van der Waals surface area contributed by atoms with E-state index in [0.29, 0.717) is 33.0 Å². The first-order chi connectivity index (χ1) is 6.70. The van der Waals surface area contributed by atoms with E-state index in [2.05, 4.69) is 0 Å². The van der Waals surface area contributed by atoms with Gasteiger partial charge in [-0.3, -0.25) is 0 Å². The lowest BCUT2D eigenvalue weighted by atomic mass is 10.3. The van der Waals surface area contributed by atoms with E-state index in [1.54, 1.807) is 0 Å². The molecule has 1 fully saturated rings. The zero-order chi connectivity index (χ0) is 10.4. The van der Waals surface area contributed by atoms with Crippen LogP contribution in [0.4, 0.5) is 0 Å². The zero-order valence-electron chi connectivity index (χ0n) is 9.25. The SMILES string of the molecule is CCOCC1COC(C)(COCC)O1. The van der Waals surface area contributed by atoms with Gasteiger partial charge in [0.2, 0.25) is 0 Å². The highest BCUT2D eigenvalue weighted by molar-refractivity contribution is 4.74. The monoisotopic (exact) mass is 204 g/mol. The molecule has 0 bridgehead atoms. The van der Waals surface area contributed by atoms with Gasteiger partial charge in [-0.25, -0.2) is 0 Å². The van der Waals surface area contributed by atoms with E-state index in [-0.39, 0.29) is 6.10 Å². The quantitative estimate of drug-likeness (QED) is 0.651. The maximum atomic E-state index is 5.68. The third-order valence-corrected chi connectivity index (χ3v) is 2.07. The average Bonchev–Trinajstić information content (AvgIpc) is 2.55. The Morgan fingerprint density at radius 1 is 1.29 bits per heavy atom. The molecule has 0 aromatic carbocycles. The minimum atomic E-state index is -0.586. The van der Waals surface area contributed by atoms with Crippen molar-refractivity contribution in [3.05, 3.63) is 0 Å². The Hall–Kier alpha value is -0.160. The number of hydrogen-bond donors (Lipinski definition) is 0. The molecular weight excluding hydrogens is 184 g/mol. The zero-order valence-corrected chi connectivity index (χ0v) is 9.25. The predicted molar refractivity (Wildman–Crippen MR) is 52.2 cm³/mol. The van der Waals surface area contributed by atoms with Crippen molar-refractivity contribution in [2.75, 3.05) is 33.0 Å². The predicted octanol–water partition coefficient (Wildman–Crippen LogP) is 1.19. The fourth-order valence-electron chi connectivity index (χ4n) is 1.38. The van der Waals surface area contributed by atoms with Crippen molar-refractivity contribution < 1.29 is 18.9 Å². The smallest absolute Gasteiger partial charge is 0.189 e. The van der Waals surface area contributed by atoms with Gasteiger partial charge < -0.3 is 18.9 Å². The van der Waals surface area contributed by atoms with Gasteiger partial charge in [-0.1, -0.05) is 0 Å². The molecule has 4 nitrogen and oxygen atoms in total. The molecule has 0 radical (unpaired) electrons. The summed E-state index contributed by atoms with van der Waals surface area (Å²) in [5.41, 5.74) is 0. The summed E-state index contributed by atoms with van der Waals surface area (Å²) in [6.45, 7) is 8.87. The van der Waals surface area contributed by atoms with E-state index in [1.165, 1.54) is 0 Å². The highest BCUT2D eigenvalue weighted by Crippen LogP contribution is 2.23. The van der Waals surface area contributed by atoms with E-state index >= 15 is 0 Å². The summed E-state index contributed by atoms with van der Waals surface area (Å²) in [4.78, 5) is 0. The molecule has 1 aliphatic rings. The first-order valence-electron chi connectivity index (χ1n) is 5.17. The van der Waals surface area contributed by atoms with Crippen molar-refractivity contribution in [3.8, 4) is 0 Å². The first-order valence-corrected chi connectivity index (χ1v) is 5.17.